The van der Waals surface area contributed by atoms with Gasteiger partial charge in [-0.05, 0) is 103 Å². The van der Waals surface area contributed by atoms with Gasteiger partial charge in [-0.1, -0.05) is 140 Å². The van der Waals surface area contributed by atoms with Gasteiger partial charge >= 0.3 is 0 Å². The van der Waals surface area contributed by atoms with Gasteiger partial charge in [0.25, 0.3) is 0 Å². The fraction of sp³-hybridized carbons (Fsp3) is 0.808. The van der Waals surface area contributed by atoms with Gasteiger partial charge in [0.15, 0.2) is 0 Å². The molecule has 0 aromatic heterocycles. The van der Waals surface area contributed by atoms with Crippen LogP contribution in [0, 0.1) is 0 Å². The summed E-state index contributed by atoms with van der Waals surface area (Å²) < 4.78 is 0.954. The lowest BCUT2D eigenvalue weighted by Gasteiger charge is -2.39. The van der Waals surface area contributed by atoms with Crippen LogP contribution >= 0.6 is 0 Å². The fourth-order valence-corrected chi connectivity index (χ4v) is 8.04. The van der Waals surface area contributed by atoms with Crippen LogP contribution in [0.3, 0.4) is 0 Å². The van der Waals surface area contributed by atoms with Crippen LogP contribution in [-0.2, 0) is 9.59 Å². The molecule has 0 radical (unpaired) electrons. The maximum absolute atomic E-state index is 13.5. The number of hydrogen-bond donors (Lipinski definition) is 3. The summed E-state index contributed by atoms with van der Waals surface area (Å²) in [6.45, 7) is 12.2. The molecule has 0 saturated heterocycles. The van der Waals surface area contributed by atoms with E-state index in [1.54, 1.807) is 0 Å². The van der Waals surface area contributed by atoms with Crippen LogP contribution in [0.1, 0.15) is 213 Å². The molecule has 0 heterocycles. The average molecular weight is 827 g/mol. The molecule has 1 amide bonds. The smallest absolute Gasteiger partial charge is 0.223 e. The maximum atomic E-state index is 13.5. The molecular weight excluding hydrogens is 727 g/mol. The molecule has 7 heteroatoms. The van der Waals surface area contributed by atoms with Crippen LogP contribution in [0.15, 0.2) is 48.6 Å². The lowest BCUT2D eigenvalue weighted by Crippen LogP contribution is -2.53. The molecule has 0 atom stereocenters. The Kier molecular flexibility index (Phi) is 43.9. The van der Waals surface area contributed by atoms with E-state index < -0.39 is 0 Å². The Bertz CT molecular complexity index is 982. The van der Waals surface area contributed by atoms with E-state index >= 15 is 0 Å². The number of unbranched alkanes of at least 4 members (excludes halogenated alkanes) is 19. The summed E-state index contributed by atoms with van der Waals surface area (Å²) in [6.07, 6.45) is 53.0. The monoisotopic (exact) mass is 827 g/mol. The van der Waals surface area contributed by atoms with Gasteiger partial charge in [-0.2, -0.15) is 0 Å². The van der Waals surface area contributed by atoms with Crippen LogP contribution in [-0.4, -0.2) is 80.0 Å². The number of nitrogens with two attached hydrogens (primary N) is 3. The first-order valence-corrected chi connectivity index (χ1v) is 25.3. The summed E-state index contributed by atoms with van der Waals surface area (Å²) in [5.41, 5.74) is 17.7. The van der Waals surface area contributed by atoms with Crippen molar-refractivity contribution >= 4 is 11.7 Å². The Morgan fingerprint density at radius 1 is 0.407 bits per heavy atom. The molecule has 0 spiro atoms. The van der Waals surface area contributed by atoms with Crippen LogP contribution in [0.5, 0.6) is 0 Å². The number of carbonyl (C=O) groups excluding carboxylic acids is 2. The summed E-state index contributed by atoms with van der Waals surface area (Å²) in [7, 11) is 0. The number of carbonyl (C=O) groups is 2. The average Bonchev–Trinajstić information content (AvgIpc) is 3.24. The van der Waals surface area contributed by atoms with Gasteiger partial charge in [0.1, 0.15) is 5.78 Å². The number of rotatable bonds is 46. The normalized spacial score (nSPS) is 12.4. The first-order valence-electron chi connectivity index (χ1n) is 25.3. The zero-order valence-electron chi connectivity index (χ0n) is 39.3. The van der Waals surface area contributed by atoms with Crippen LogP contribution in [0.2, 0.25) is 0 Å². The van der Waals surface area contributed by atoms with Crippen molar-refractivity contribution < 1.29 is 14.1 Å². The van der Waals surface area contributed by atoms with E-state index in [0.29, 0.717) is 38.9 Å². The first kappa shape index (κ1) is 56.9. The third-order valence-corrected chi connectivity index (χ3v) is 11.8. The SMILES string of the molecule is CCCCC/C=C\C/C=C\CCCCCCCCN(CCCCCCCC/C=C\C/C=C\CCCCC)C(=O)CCC(=O)CCCC[N+](CCN)(CCCN)CCCN. The Labute approximate surface area is 367 Å². The molecule has 7 nitrogen and oxygen atoms in total. The molecule has 0 aliphatic carbocycles. The number of quaternary nitrogens is 1. The van der Waals surface area contributed by atoms with E-state index in [4.69, 9.17) is 17.2 Å². The second-order valence-electron chi connectivity index (χ2n) is 17.4. The highest BCUT2D eigenvalue weighted by molar-refractivity contribution is 5.84. The number of nitrogens with zero attached hydrogens (tertiary/aromatic N) is 2. The van der Waals surface area contributed by atoms with E-state index in [9.17, 15) is 9.59 Å². The second kappa shape index (κ2) is 45.5. The molecule has 0 fully saturated rings. The molecule has 0 aromatic carbocycles. The van der Waals surface area contributed by atoms with Crippen molar-refractivity contribution in [1.82, 2.24) is 4.90 Å². The molecule has 0 bridgehead atoms. The van der Waals surface area contributed by atoms with Crippen molar-refractivity contribution in [2.24, 2.45) is 17.2 Å². The summed E-state index contributed by atoms with van der Waals surface area (Å²) >= 11 is 0. The zero-order valence-corrected chi connectivity index (χ0v) is 39.3. The molecule has 59 heavy (non-hydrogen) atoms. The third kappa shape index (κ3) is 38.6. The minimum absolute atomic E-state index is 0.172. The van der Waals surface area contributed by atoms with Crippen molar-refractivity contribution in [2.45, 2.75) is 213 Å². The van der Waals surface area contributed by atoms with Crippen LogP contribution in [0.4, 0.5) is 0 Å². The number of hydrogen-bond acceptors (Lipinski definition) is 5. The number of Topliss-reactive ketones (excluding diaryl/α,β-unsaturated/α-hetero) is 1. The highest BCUT2D eigenvalue weighted by Crippen LogP contribution is 2.16. The van der Waals surface area contributed by atoms with E-state index in [1.807, 2.05) is 0 Å². The van der Waals surface area contributed by atoms with Gasteiger partial charge in [0.2, 0.25) is 5.91 Å². The Morgan fingerprint density at radius 2 is 0.814 bits per heavy atom. The van der Waals surface area contributed by atoms with Crippen molar-refractivity contribution in [3.8, 4) is 0 Å². The van der Waals surface area contributed by atoms with Gasteiger partial charge in [0.05, 0.1) is 26.2 Å². The van der Waals surface area contributed by atoms with Gasteiger partial charge in [-0.15, -0.1) is 0 Å². The van der Waals surface area contributed by atoms with Crippen LogP contribution < -0.4 is 17.2 Å². The van der Waals surface area contributed by atoms with E-state index in [1.165, 1.54) is 128 Å². The maximum Gasteiger partial charge on any atom is 0.223 e. The van der Waals surface area contributed by atoms with Gasteiger partial charge in [-0.25, -0.2) is 0 Å². The predicted octanol–water partition coefficient (Wildman–Crippen LogP) is 12.4. The van der Waals surface area contributed by atoms with Gasteiger partial charge in [-0.3, -0.25) is 9.59 Å². The topological polar surface area (TPSA) is 115 Å². The Morgan fingerprint density at radius 3 is 1.24 bits per heavy atom. The number of amides is 1. The van der Waals surface area contributed by atoms with Gasteiger partial charge < -0.3 is 26.6 Å². The van der Waals surface area contributed by atoms with E-state index in [-0.39, 0.29) is 11.7 Å². The minimum Gasteiger partial charge on any atom is -0.343 e. The fourth-order valence-electron chi connectivity index (χ4n) is 8.04. The summed E-state index contributed by atoms with van der Waals surface area (Å²) in [5, 5.41) is 0. The van der Waals surface area contributed by atoms with Crippen molar-refractivity contribution in [1.29, 1.82) is 0 Å². The Balaban J connectivity index is 4.65. The van der Waals surface area contributed by atoms with Crippen molar-refractivity contribution in [2.75, 3.05) is 58.9 Å². The second-order valence-corrected chi connectivity index (χ2v) is 17.4. The lowest BCUT2D eigenvalue weighted by atomic mass is 10.1. The zero-order chi connectivity index (χ0) is 43.2. The van der Waals surface area contributed by atoms with E-state index in [2.05, 4.69) is 67.4 Å². The summed E-state index contributed by atoms with van der Waals surface area (Å²) in [6, 6.07) is 0. The van der Waals surface area contributed by atoms with Crippen molar-refractivity contribution in [3.05, 3.63) is 48.6 Å². The molecule has 0 aliphatic heterocycles. The van der Waals surface area contributed by atoms with Crippen LogP contribution in [0.25, 0.3) is 0 Å². The minimum atomic E-state index is 0.172. The molecule has 0 saturated carbocycles. The lowest BCUT2D eigenvalue weighted by molar-refractivity contribution is -0.927. The quantitative estimate of drug-likeness (QED) is 0.0321. The number of allylic oxidation sites excluding steroid dienone is 8. The summed E-state index contributed by atoms with van der Waals surface area (Å²) in [5.74, 6) is 0.396. The summed E-state index contributed by atoms with van der Waals surface area (Å²) in [4.78, 5) is 28.5. The molecule has 0 rings (SSSR count). The number of ketones is 1. The van der Waals surface area contributed by atoms with E-state index in [0.717, 1.165) is 95.1 Å². The molecule has 344 valence electrons. The molecule has 6 N–H and O–H groups in total. The van der Waals surface area contributed by atoms with Gasteiger partial charge in [0, 0.05) is 51.7 Å². The largest absolute Gasteiger partial charge is 0.343 e. The highest BCUT2D eigenvalue weighted by atomic mass is 16.2. The molecular formula is C52H100N5O2+. The molecule has 0 unspecified atom stereocenters. The van der Waals surface area contributed by atoms with Crippen molar-refractivity contribution in [3.63, 3.8) is 0 Å². The first-order chi connectivity index (χ1) is 29.0. The molecule has 0 aromatic rings. The standard InChI is InChI=1S/C52H100N5O2/c1-3-5-7-9-11-13-15-17-19-21-23-25-27-29-31-34-45-56(46-35-32-30-28-26-24-22-20-18-16-14-12-10-8-6-4-2)52(59)41-40-51(58)39-33-36-47-57(50-44-55,48-37-42-53)49-38-43-54/h11-14,17-20H,3-10,15-16,21-50,53-55H2,1-2H3/q+1/b13-11-,14-12-,19-17-,20-18-. The Hall–Kier alpha value is -2.06. The predicted molar refractivity (Wildman–Crippen MR) is 260 cm³/mol. The molecule has 0 aliphatic rings. The third-order valence-electron chi connectivity index (χ3n) is 11.8. The highest BCUT2D eigenvalue weighted by Gasteiger charge is 2.25.